The summed E-state index contributed by atoms with van der Waals surface area (Å²) in [7, 11) is 1.53. The zero-order chi connectivity index (χ0) is 18.8. The monoisotopic (exact) mass is 398 g/mol. The molecule has 3 rings (SSSR count). The fourth-order valence-electron chi connectivity index (χ4n) is 3.06. The lowest BCUT2D eigenvalue weighted by molar-refractivity contribution is -0.140. The molecular formula is C18H20Cl2N2O4. The van der Waals surface area contributed by atoms with Gasteiger partial charge in [0, 0.05) is 28.9 Å². The molecule has 8 heteroatoms. The van der Waals surface area contributed by atoms with E-state index in [0.29, 0.717) is 33.5 Å². The number of esters is 1. The summed E-state index contributed by atoms with van der Waals surface area (Å²) in [6.45, 7) is 2.19. The fourth-order valence-corrected chi connectivity index (χ4v) is 3.58. The van der Waals surface area contributed by atoms with Gasteiger partial charge < -0.3 is 14.8 Å². The second-order valence-corrected chi connectivity index (χ2v) is 7.12. The minimum absolute atomic E-state index is 0.124. The van der Waals surface area contributed by atoms with E-state index >= 15 is 0 Å². The molecule has 0 aromatic heterocycles. The van der Waals surface area contributed by atoms with Crippen LogP contribution in [0.1, 0.15) is 31.4 Å². The van der Waals surface area contributed by atoms with E-state index in [1.165, 1.54) is 7.11 Å². The number of halogens is 2. The van der Waals surface area contributed by atoms with Crippen molar-refractivity contribution in [1.29, 1.82) is 0 Å². The first-order valence-corrected chi connectivity index (χ1v) is 9.11. The van der Waals surface area contributed by atoms with Crippen LogP contribution in [-0.2, 0) is 14.3 Å². The van der Waals surface area contributed by atoms with E-state index in [-0.39, 0.29) is 18.7 Å². The second-order valence-electron chi connectivity index (χ2n) is 6.28. The minimum Gasteiger partial charge on any atom is -0.460 e. The van der Waals surface area contributed by atoms with Crippen molar-refractivity contribution in [1.82, 2.24) is 10.2 Å². The molecule has 0 saturated heterocycles. The Bertz CT molecular complexity index is 762. The van der Waals surface area contributed by atoms with Crippen molar-refractivity contribution in [3.63, 3.8) is 0 Å². The second kappa shape index (κ2) is 7.86. The highest BCUT2D eigenvalue weighted by molar-refractivity contribution is 6.35. The number of amides is 2. The van der Waals surface area contributed by atoms with Crippen LogP contribution < -0.4 is 5.32 Å². The maximum absolute atomic E-state index is 12.8. The lowest BCUT2D eigenvalue weighted by Gasteiger charge is -2.35. The molecule has 6 nitrogen and oxygen atoms in total. The summed E-state index contributed by atoms with van der Waals surface area (Å²) in [6, 6.07) is 4.15. The Morgan fingerprint density at radius 2 is 2.04 bits per heavy atom. The quantitative estimate of drug-likeness (QED) is 0.585. The fraction of sp³-hybridized carbons (Fsp3) is 0.444. The van der Waals surface area contributed by atoms with Gasteiger partial charge in [0.25, 0.3) is 0 Å². The van der Waals surface area contributed by atoms with Crippen molar-refractivity contribution in [3.05, 3.63) is 45.1 Å². The number of carbonyl (C=O) groups excluding carboxylic acids is 2. The average molecular weight is 399 g/mol. The summed E-state index contributed by atoms with van der Waals surface area (Å²) >= 11 is 12.3. The molecule has 0 unspecified atom stereocenters. The van der Waals surface area contributed by atoms with Gasteiger partial charge in [-0.2, -0.15) is 0 Å². The summed E-state index contributed by atoms with van der Waals surface area (Å²) < 4.78 is 10.2. The Morgan fingerprint density at radius 1 is 1.31 bits per heavy atom. The van der Waals surface area contributed by atoms with E-state index < -0.39 is 12.0 Å². The van der Waals surface area contributed by atoms with E-state index in [9.17, 15) is 9.59 Å². The minimum atomic E-state index is -0.697. The van der Waals surface area contributed by atoms with Gasteiger partial charge in [-0.25, -0.2) is 9.59 Å². The number of nitrogens with zero attached hydrogens (tertiary/aromatic N) is 1. The normalized spacial score (nSPS) is 20.2. The molecule has 140 valence electrons. The Balaban J connectivity index is 2.00. The van der Waals surface area contributed by atoms with Crippen LogP contribution in [0.25, 0.3) is 0 Å². The van der Waals surface area contributed by atoms with E-state index in [0.717, 1.165) is 12.8 Å². The van der Waals surface area contributed by atoms with Crippen LogP contribution in [0.15, 0.2) is 29.5 Å². The van der Waals surface area contributed by atoms with Gasteiger partial charge in [0.1, 0.15) is 6.61 Å². The molecule has 1 atom stereocenters. The number of benzene rings is 1. The zero-order valence-corrected chi connectivity index (χ0v) is 16.1. The third-order valence-corrected chi connectivity index (χ3v) is 5.01. The highest BCUT2D eigenvalue weighted by atomic mass is 35.5. The first-order valence-electron chi connectivity index (χ1n) is 8.35. The molecule has 0 spiro atoms. The number of hydrogen-bond donors (Lipinski definition) is 1. The van der Waals surface area contributed by atoms with Crippen molar-refractivity contribution in [2.75, 3.05) is 20.3 Å². The van der Waals surface area contributed by atoms with E-state index in [4.69, 9.17) is 32.7 Å². The number of allylic oxidation sites excluding steroid dienone is 1. The topological polar surface area (TPSA) is 67.9 Å². The SMILES string of the molecule is COCCOC(=O)C1=C(C)N(C2CC2)C(=O)N[C@@H]1c1ccc(Cl)cc1Cl. The average Bonchev–Trinajstić information content (AvgIpc) is 3.39. The third kappa shape index (κ3) is 3.82. The lowest BCUT2D eigenvalue weighted by Crippen LogP contribution is -2.49. The van der Waals surface area contributed by atoms with E-state index in [2.05, 4.69) is 5.32 Å². The van der Waals surface area contributed by atoms with Crippen molar-refractivity contribution < 1.29 is 19.1 Å². The summed E-state index contributed by atoms with van der Waals surface area (Å²) in [5.74, 6) is -0.499. The number of ether oxygens (including phenoxy) is 2. The van der Waals surface area contributed by atoms with Gasteiger partial charge in [0.2, 0.25) is 0 Å². The molecule has 2 aliphatic rings. The summed E-state index contributed by atoms with van der Waals surface area (Å²) in [4.78, 5) is 27.0. The molecule has 0 bridgehead atoms. The largest absolute Gasteiger partial charge is 0.460 e. The lowest BCUT2D eigenvalue weighted by atomic mass is 9.94. The number of nitrogens with one attached hydrogen (secondary N) is 1. The van der Waals surface area contributed by atoms with Crippen molar-refractivity contribution >= 4 is 35.2 Å². The molecule has 1 aromatic carbocycles. The molecule has 1 aromatic rings. The van der Waals surface area contributed by atoms with Crippen LogP contribution in [0.3, 0.4) is 0 Å². The van der Waals surface area contributed by atoms with Crippen LogP contribution in [0, 0.1) is 0 Å². The molecular weight excluding hydrogens is 379 g/mol. The Morgan fingerprint density at radius 3 is 2.65 bits per heavy atom. The molecule has 1 aliphatic heterocycles. The summed E-state index contributed by atoms with van der Waals surface area (Å²) in [5.41, 5.74) is 1.56. The molecule has 2 amide bonds. The van der Waals surface area contributed by atoms with Crippen molar-refractivity contribution in [3.8, 4) is 0 Å². The summed E-state index contributed by atoms with van der Waals surface area (Å²) in [5, 5.41) is 3.74. The maximum Gasteiger partial charge on any atom is 0.338 e. The number of rotatable bonds is 6. The maximum atomic E-state index is 12.8. The molecule has 1 fully saturated rings. The van der Waals surface area contributed by atoms with Crippen molar-refractivity contribution in [2.24, 2.45) is 0 Å². The summed E-state index contributed by atoms with van der Waals surface area (Å²) in [6.07, 6.45) is 1.84. The number of methoxy groups -OCH3 is 1. The molecule has 1 saturated carbocycles. The highest BCUT2D eigenvalue weighted by Crippen LogP contribution is 2.39. The third-order valence-electron chi connectivity index (χ3n) is 4.45. The van der Waals surface area contributed by atoms with Gasteiger partial charge in [0.15, 0.2) is 0 Å². The standard InChI is InChI=1S/C18H20Cl2N2O4/c1-10-15(17(23)26-8-7-25-2)16(13-6-3-11(19)9-14(13)20)21-18(24)22(10)12-4-5-12/h3,6,9,12,16H,4-5,7-8H2,1-2H3,(H,21,24)/t16-/m1/s1. The van der Waals surface area contributed by atoms with E-state index in [1.807, 2.05) is 0 Å². The van der Waals surface area contributed by atoms with Gasteiger partial charge in [-0.15, -0.1) is 0 Å². The first kappa shape index (κ1) is 19.0. The highest BCUT2D eigenvalue weighted by Gasteiger charge is 2.43. The first-order chi connectivity index (χ1) is 12.4. The number of carbonyl (C=O) groups is 2. The number of urea groups is 1. The molecule has 26 heavy (non-hydrogen) atoms. The van der Waals surface area contributed by atoms with Crippen LogP contribution in [0.4, 0.5) is 4.79 Å². The Labute approximate surface area is 162 Å². The molecule has 0 radical (unpaired) electrons. The molecule has 1 aliphatic carbocycles. The Hall–Kier alpha value is -1.76. The van der Waals surface area contributed by atoms with Crippen LogP contribution in [0.2, 0.25) is 10.0 Å². The van der Waals surface area contributed by atoms with Crippen LogP contribution in [-0.4, -0.2) is 43.3 Å². The zero-order valence-electron chi connectivity index (χ0n) is 14.6. The van der Waals surface area contributed by atoms with Crippen LogP contribution >= 0.6 is 23.2 Å². The predicted octanol–water partition coefficient (Wildman–Crippen LogP) is 3.69. The Kier molecular flexibility index (Phi) is 5.75. The van der Waals surface area contributed by atoms with Gasteiger partial charge >= 0.3 is 12.0 Å². The van der Waals surface area contributed by atoms with Crippen LogP contribution in [0.5, 0.6) is 0 Å². The van der Waals surface area contributed by atoms with Gasteiger partial charge in [-0.1, -0.05) is 29.3 Å². The molecule has 1 heterocycles. The number of hydrogen-bond acceptors (Lipinski definition) is 4. The van der Waals surface area contributed by atoms with Crippen molar-refractivity contribution in [2.45, 2.75) is 31.8 Å². The van der Waals surface area contributed by atoms with E-state index in [1.54, 1.807) is 30.0 Å². The molecule has 1 N–H and O–H groups in total. The van der Waals surface area contributed by atoms with Gasteiger partial charge in [0.05, 0.1) is 18.2 Å². The smallest absolute Gasteiger partial charge is 0.338 e. The van der Waals surface area contributed by atoms with Gasteiger partial charge in [-0.3, -0.25) is 4.90 Å². The van der Waals surface area contributed by atoms with Gasteiger partial charge in [-0.05, 0) is 37.5 Å². The predicted molar refractivity (Wildman–Crippen MR) is 98.1 cm³/mol.